The summed E-state index contributed by atoms with van der Waals surface area (Å²) in [5.41, 5.74) is 0.157. The molecule has 1 N–H and O–H groups in total. The van der Waals surface area contributed by atoms with Crippen LogP contribution in [0, 0.1) is 5.41 Å². The Hall–Kier alpha value is -1.49. The van der Waals surface area contributed by atoms with Crippen LogP contribution < -0.4 is 0 Å². The first-order chi connectivity index (χ1) is 9.97. The zero-order valence-corrected chi connectivity index (χ0v) is 12.2. The molecule has 1 aliphatic heterocycles. The molecule has 3 nitrogen and oxygen atoms in total. The van der Waals surface area contributed by atoms with E-state index < -0.39 is 17.8 Å². The minimum absolute atomic E-state index is 0.0183. The molecule has 1 saturated heterocycles. The lowest BCUT2D eigenvalue weighted by Gasteiger charge is -2.24. The van der Waals surface area contributed by atoms with Crippen molar-refractivity contribution in [3.63, 3.8) is 0 Å². The largest absolute Gasteiger partial charge is 0.481 e. The fourth-order valence-electron chi connectivity index (χ4n) is 3.14. The number of halogens is 2. The van der Waals surface area contributed by atoms with Gasteiger partial charge in [-0.2, -0.15) is 0 Å². The molecular formula is C16H21F2NO2. The summed E-state index contributed by atoms with van der Waals surface area (Å²) in [7, 11) is 0. The smallest absolute Gasteiger partial charge is 0.310 e. The second kappa shape index (κ2) is 6.52. The minimum Gasteiger partial charge on any atom is -0.481 e. The molecule has 1 heterocycles. The topological polar surface area (TPSA) is 40.5 Å². The van der Waals surface area contributed by atoms with Gasteiger partial charge >= 0.3 is 5.97 Å². The van der Waals surface area contributed by atoms with Crippen molar-refractivity contribution >= 4 is 5.97 Å². The van der Waals surface area contributed by atoms with Crippen molar-refractivity contribution in [1.82, 2.24) is 4.90 Å². The molecule has 1 aromatic carbocycles. The Balaban J connectivity index is 2.05. The lowest BCUT2D eigenvalue weighted by Crippen LogP contribution is -2.34. The molecule has 116 valence electrons. The third-order valence-electron chi connectivity index (χ3n) is 4.22. The van der Waals surface area contributed by atoms with Gasteiger partial charge in [0.15, 0.2) is 0 Å². The zero-order valence-electron chi connectivity index (χ0n) is 12.2. The molecule has 1 aromatic rings. The minimum atomic E-state index is -2.47. The van der Waals surface area contributed by atoms with Gasteiger partial charge in [0, 0.05) is 18.7 Å². The molecule has 0 saturated carbocycles. The highest BCUT2D eigenvalue weighted by Gasteiger charge is 2.43. The van der Waals surface area contributed by atoms with Crippen LogP contribution >= 0.6 is 0 Å². The highest BCUT2D eigenvalue weighted by atomic mass is 19.3. The van der Waals surface area contributed by atoms with E-state index in [9.17, 15) is 18.7 Å². The number of carbonyl (C=O) groups is 1. The molecule has 1 fully saturated rings. The van der Waals surface area contributed by atoms with Crippen molar-refractivity contribution in [2.45, 2.75) is 39.2 Å². The standard InChI is InChI=1S/C16H21F2NO2/c1-2-6-16(15(20)21)7-8-19(11-16)10-12-4-3-5-13(9-12)14(17)18/h3-5,9,14H,2,6-8,10-11H2,1H3,(H,20,21). The predicted molar refractivity (Wildman–Crippen MR) is 76.3 cm³/mol. The molecule has 1 aliphatic rings. The summed E-state index contributed by atoms with van der Waals surface area (Å²) in [5.74, 6) is -0.742. The lowest BCUT2D eigenvalue weighted by molar-refractivity contribution is -0.148. The van der Waals surface area contributed by atoms with E-state index in [4.69, 9.17) is 0 Å². The fraction of sp³-hybridized carbons (Fsp3) is 0.562. The third kappa shape index (κ3) is 3.59. The summed E-state index contributed by atoms with van der Waals surface area (Å²) in [6.07, 6.45) is -0.344. The van der Waals surface area contributed by atoms with Crippen LogP contribution in [0.1, 0.15) is 43.7 Å². The van der Waals surface area contributed by atoms with Crippen molar-refractivity contribution in [2.75, 3.05) is 13.1 Å². The van der Waals surface area contributed by atoms with Gasteiger partial charge in [0.2, 0.25) is 0 Å². The van der Waals surface area contributed by atoms with Gasteiger partial charge in [-0.25, -0.2) is 8.78 Å². The highest BCUT2D eigenvalue weighted by molar-refractivity contribution is 5.75. The number of aliphatic carboxylic acids is 1. The first kappa shape index (κ1) is 15.9. The number of nitrogens with zero attached hydrogens (tertiary/aromatic N) is 1. The lowest BCUT2D eigenvalue weighted by atomic mass is 9.83. The number of hydrogen-bond donors (Lipinski definition) is 1. The van der Waals surface area contributed by atoms with E-state index in [2.05, 4.69) is 0 Å². The van der Waals surface area contributed by atoms with Gasteiger partial charge in [0.05, 0.1) is 5.41 Å². The average molecular weight is 297 g/mol. The Morgan fingerprint density at radius 2 is 2.24 bits per heavy atom. The van der Waals surface area contributed by atoms with Crippen molar-refractivity contribution in [3.8, 4) is 0 Å². The van der Waals surface area contributed by atoms with E-state index in [-0.39, 0.29) is 5.56 Å². The summed E-state index contributed by atoms with van der Waals surface area (Å²) in [6, 6.07) is 6.36. The normalized spacial score (nSPS) is 22.9. The summed E-state index contributed by atoms with van der Waals surface area (Å²) >= 11 is 0. The summed E-state index contributed by atoms with van der Waals surface area (Å²) in [4.78, 5) is 13.6. The third-order valence-corrected chi connectivity index (χ3v) is 4.22. The molecule has 0 amide bonds. The van der Waals surface area contributed by atoms with E-state index in [0.717, 1.165) is 12.0 Å². The van der Waals surface area contributed by atoms with Crippen LogP contribution in [0.3, 0.4) is 0 Å². The van der Waals surface area contributed by atoms with Crippen molar-refractivity contribution in [1.29, 1.82) is 0 Å². The molecule has 0 aromatic heterocycles. The van der Waals surface area contributed by atoms with Gasteiger partial charge in [0.25, 0.3) is 6.43 Å². The van der Waals surface area contributed by atoms with Gasteiger partial charge in [-0.3, -0.25) is 9.69 Å². The number of benzene rings is 1. The monoisotopic (exact) mass is 297 g/mol. The molecule has 5 heteroatoms. The Labute approximate surface area is 123 Å². The maximum Gasteiger partial charge on any atom is 0.310 e. The van der Waals surface area contributed by atoms with Gasteiger partial charge in [0.1, 0.15) is 0 Å². The number of rotatable bonds is 6. The molecule has 2 rings (SSSR count). The van der Waals surface area contributed by atoms with Gasteiger partial charge in [-0.15, -0.1) is 0 Å². The number of carboxylic acids is 1. The average Bonchev–Trinajstić information content (AvgIpc) is 2.84. The van der Waals surface area contributed by atoms with Crippen molar-refractivity contribution < 1.29 is 18.7 Å². The quantitative estimate of drug-likeness (QED) is 0.870. The van der Waals surface area contributed by atoms with Crippen LogP contribution in [-0.4, -0.2) is 29.1 Å². The maximum absolute atomic E-state index is 12.7. The Bertz CT molecular complexity index is 507. The number of carboxylic acid groups (broad SMARTS) is 1. The SMILES string of the molecule is CCCC1(C(=O)O)CCN(Cc2cccc(C(F)F)c2)C1. The van der Waals surface area contributed by atoms with Crippen LogP contribution in [0.2, 0.25) is 0 Å². The maximum atomic E-state index is 12.7. The zero-order chi connectivity index (χ0) is 15.5. The van der Waals surface area contributed by atoms with Crippen LogP contribution in [0.15, 0.2) is 24.3 Å². The van der Waals surface area contributed by atoms with Gasteiger partial charge in [-0.05, 0) is 31.0 Å². The molecule has 21 heavy (non-hydrogen) atoms. The van der Waals surface area contributed by atoms with Crippen molar-refractivity contribution in [3.05, 3.63) is 35.4 Å². The van der Waals surface area contributed by atoms with Crippen LogP contribution in [0.5, 0.6) is 0 Å². The summed E-state index contributed by atoms with van der Waals surface area (Å²) in [5, 5.41) is 9.47. The molecule has 0 bridgehead atoms. The predicted octanol–water partition coefficient (Wildman–Crippen LogP) is 3.70. The fourth-order valence-corrected chi connectivity index (χ4v) is 3.14. The molecule has 1 atom stereocenters. The van der Waals surface area contributed by atoms with E-state index in [1.165, 1.54) is 12.1 Å². The molecule has 0 spiro atoms. The van der Waals surface area contributed by atoms with E-state index in [0.29, 0.717) is 32.5 Å². The second-order valence-corrected chi connectivity index (χ2v) is 5.84. The number of hydrogen-bond acceptors (Lipinski definition) is 2. The van der Waals surface area contributed by atoms with Crippen LogP contribution in [-0.2, 0) is 11.3 Å². The van der Waals surface area contributed by atoms with Crippen LogP contribution in [0.4, 0.5) is 8.78 Å². The number of alkyl halides is 2. The van der Waals surface area contributed by atoms with Gasteiger partial charge < -0.3 is 5.11 Å². The molecule has 1 unspecified atom stereocenters. The Kier molecular flexibility index (Phi) is 4.93. The first-order valence-corrected chi connectivity index (χ1v) is 7.29. The summed E-state index contributed by atoms with van der Waals surface area (Å²) < 4.78 is 25.4. The summed E-state index contributed by atoms with van der Waals surface area (Å²) in [6.45, 7) is 3.71. The van der Waals surface area contributed by atoms with E-state index in [1.807, 2.05) is 17.9 Å². The van der Waals surface area contributed by atoms with Gasteiger partial charge in [-0.1, -0.05) is 31.5 Å². The van der Waals surface area contributed by atoms with E-state index >= 15 is 0 Å². The molecule has 0 aliphatic carbocycles. The Morgan fingerprint density at radius 1 is 1.48 bits per heavy atom. The highest BCUT2D eigenvalue weighted by Crippen LogP contribution is 2.36. The van der Waals surface area contributed by atoms with E-state index in [1.54, 1.807) is 6.07 Å². The molecular weight excluding hydrogens is 276 g/mol. The number of likely N-dealkylation sites (tertiary alicyclic amines) is 1. The molecule has 0 radical (unpaired) electrons. The Morgan fingerprint density at radius 3 is 2.86 bits per heavy atom. The second-order valence-electron chi connectivity index (χ2n) is 5.84. The van der Waals surface area contributed by atoms with Crippen LogP contribution in [0.25, 0.3) is 0 Å². The first-order valence-electron chi connectivity index (χ1n) is 7.29. The van der Waals surface area contributed by atoms with Crippen molar-refractivity contribution in [2.24, 2.45) is 5.41 Å².